The first-order chi connectivity index (χ1) is 10.2. The third kappa shape index (κ3) is 2.72. The van der Waals surface area contributed by atoms with Crippen LogP contribution in [0.4, 0.5) is 4.39 Å². The summed E-state index contributed by atoms with van der Waals surface area (Å²) in [6.07, 6.45) is 0. The predicted molar refractivity (Wildman–Crippen MR) is 84.6 cm³/mol. The van der Waals surface area contributed by atoms with Gasteiger partial charge in [0.1, 0.15) is 11.6 Å². The minimum atomic E-state index is -0.458. The highest BCUT2D eigenvalue weighted by atomic mass is 35.5. The number of hydrogen-bond acceptors (Lipinski definition) is 1. The van der Waals surface area contributed by atoms with Gasteiger partial charge in [0.2, 0.25) is 0 Å². The van der Waals surface area contributed by atoms with Gasteiger partial charge in [-0.05, 0) is 40.6 Å². The Morgan fingerprint density at radius 2 is 1.71 bits per heavy atom. The molecule has 3 aromatic carbocycles. The van der Waals surface area contributed by atoms with Gasteiger partial charge in [-0.25, -0.2) is 4.39 Å². The number of rotatable bonds is 3. The van der Waals surface area contributed by atoms with Gasteiger partial charge >= 0.3 is 0 Å². The first-order valence-corrected chi connectivity index (χ1v) is 7.09. The van der Waals surface area contributed by atoms with Crippen molar-refractivity contribution in [3.63, 3.8) is 0 Å². The Kier molecular flexibility index (Phi) is 3.80. The average Bonchev–Trinajstić information content (AvgIpc) is 2.53. The van der Waals surface area contributed by atoms with Crippen molar-refractivity contribution in [3.05, 3.63) is 77.6 Å². The molecule has 1 nitrogen and oxygen atoms in total. The molecule has 1 atom stereocenters. The van der Waals surface area contributed by atoms with Crippen LogP contribution < -0.4 is 4.74 Å². The van der Waals surface area contributed by atoms with Crippen molar-refractivity contribution in [3.8, 4) is 5.75 Å². The van der Waals surface area contributed by atoms with Crippen LogP contribution in [0, 0.1) is 5.82 Å². The Balaban J connectivity index is 2.07. The lowest BCUT2D eigenvalue weighted by molar-refractivity contribution is 0.409. The molecule has 0 heterocycles. The second-order valence-corrected chi connectivity index (χ2v) is 5.29. The zero-order chi connectivity index (χ0) is 14.8. The summed E-state index contributed by atoms with van der Waals surface area (Å²) in [6, 6.07) is 18.5. The lowest BCUT2D eigenvalue weighted by atomic mass is 10.00. The van der Waals surface area contributed by atoms with Gasteiger partial charge in [-0.15, -0.1) is 11.6 Å². The molecule has 0 saturated heterocycles. The van der Waals surface area contributed by atoms with E-state index in [0.29, 0.717) is 11.3 Å². The third-order valence-corrected chi connectivity index (χ3v) is 4.02. The number of hydrogen-bond donors (Lipinski definition) is 0. The summed E-state index contributed by atoms with van der Waals surface area (Å²) in [4.78, 5) is 0. The van der Waals surface area contributed by atoms with Crippen molar-refractivity contribution in [1.29, 1.82) is 0 Å². The van der Waals surface area contributed by atoms with Gasteiger partial charge in [0, 0.05) is 5.56 Å². The summed E-state index contributed by atoms with van der Waals surface area (Å²) in [5.74, 6) is 0.266. The second kappa shape index (κ2) is 5.74. The van der Waals surface area contributed by atoms with Crippen LogP contribution in [0.5, 0.6) is 5.75 Å². The molecule has 3 heteroatoms. The van der Waals surface area contributed by atoms with E-state index in [-0.39, 0.29) is 5.82 Å². The van der Waals surface area contributed by atoms with Crippen LogP contribution in [0.3, 0.4) is 0 Å². The van der Waals surface area contributed by atoms with E-state index in [1.807, 2.05) is 42.5 Å². The van der Waals surface area contributed by atoms with Crippen LogP contribution in [-0.2, 0) is 0 Å². The van der Waals surface area contributed by atoms with E-state index in [1.54, 1.807) is 13.2 Å². The van der Waals surface area contributed by atoms with Crippen LogP contribution >= 0.6 is 11.6 Å². The van der Waals surface area contributed by atoms with E-state index < -0.39 is 5.38 Å². The number of halogens is 2. The minimum Gasteiger partial charge on any atom is -0.496 e. The van der Waals surface area contributed by atoms with Crippen LogP contribution in [-0.4, -0.2) is 7.11 Å². The highest BCUT2D eigenvalue weighted by Gasteiger charge is 2.17. The Morgan fingerprint density at radius 3 is 2.48 bits per heavy atom. The molecule has 0 aliphatic rings. The van der Waals surface area contributed by atoms with E-state index >= 15 is 0 Å². The summed E-state index contributed by atoms with van der Waals surface area (Å²) in [5.41, 5.74) is 1.55. The average molecular weight is 301 g/mol. The van der Waals surface area contributed by atoms with E-state index in [4.69, 9.17) is 16.3 Å². The Hall–Kier alpha value is -2.06. The smallest absolute Gasteiger partial charge is 0.124 e. The topological polar surface area (TPSA) is 9.23 Å². The molecular weight excluding hydrogens is 287 g/mol. The van der Waals surface area contributed by atoms with Gasteiger partial charge in [0.25, 0.3) is 0 Å². The van der Waals surface area contributed by atoms with Crippen molar-refractivity contribution in [1.82, 2.24) is 0 Å². The summed E-state index contributed by atoms with van der Waals surface area (Å²) < 4.78 is 18.8. The number of methoxy groups -OCH3 is 1. The molecule has 0 amide bonds. The monoisotopic (exact) mass is 300 g/mol. The molecule has 0 saturated carbocycles. The summed E-state index contributed by atoms with van der Waals surface area (Å²) >= 11 is 6.54. The second-order valence-electron chi connectivity index (χ2n) is 4.86. The van der Waals surface area contributed by atoms with Crippen molar-refractivity contribution < 1.29 is 9.13 Å². The fourth-order valence-electron chi connectivity index (χ4n) is 2.45. The quantitative estimate of drug-likeness (QED) is 0.595. The van der Waals surface area contributed by atoms with E-state index in [1.165, 1.54) is 12.1 Å². The van der Waals surface area contributed by atoms with Crippen molar-refractivity contribution in [2.45, 2.75) is 5.38 Å². The normalized spacial score (nSPS) is 12.3. The first-order valence-electron chi connectivity index (χ1n) is 6.65. The zero-order valence-corrected chi connectivity index (χ0v) is 12.3. The molecule has 21 heavy (non-hydrogen) atoms. The Bertz CT molecular complexity index is 785. The number of fused-ring (bicyclic) bond motifs is 1. The van der Waals surface area contributed by atoms with E-state index in [2.05, 4.69) is 0 Å². The van der Waals surface area contributed by atoms with Gasteiger partial charge in [-0.1, -0.05) is 36.4 Å². The molecule has 0 bridgehead atoms. The van der Waals surface area contributed by atoms with E-state index in [0.717, 1.165) is 16.3 Å². The largest absolute Gasteiger partial charge is 0.496 e. The molecule has 0 aliphatic heterocycles. The van der Waals surface area contributed by atoms with Crippen LogP contribution in [0.2, 0.25) is 0 Å². The standard InChI is InChI=1S/C18H14ClFO/c1-21-17-9-8-15(20)11-16(17)18(19)14-7-6-12-4-2-3-5-13(12)10-14/h2-11,18H,1H3. The maximum atomic E-state index is 13.5. The lowest BCUT2D eigenvalue weighted by Gasteiger charge is -2.15. The molecule has 3 rings (SSSR count). The van der Waals surface area contributed by atoms with Gasteiger partial charge in [0.05, 0.1) is 12.5 Å². The fourth-order valence-corrected chi connectivity index (χ4v) is 2.75. The fraction of sp³-hybridized carbons (Fsp3) is 0.111. The molecule has 1 unspecified atom stereocenters. The summed E-state index contributed by atoms with van der Waals surface area (Å²) in [7, 11) is 1.56. The van der Waals surface area contributed by atoms with Crippen LogP contribution in [0.15, 0.2) is 60.7 Å². The summed E-state index contributed by atoms with van der Waals surface area (Å²) in [6.45, 7) is 0. The van der Waals surface area contributed by atoms with Gasteiger partial charge in [0.15, 0.2) is 0 Å². The van der Waals surface area contributed by atoms with Gasteiger partial charge in [-0.3, -0.25) is 0 Å². The molecule has 0 aromatic heterocycles. The van der Waals surface area contributed by atoms with Gasteiger partial charge < -0.3 is 4.74 Å². The SMILES string of the molecule is COc1ccc(F)cc1C(Cl)c1ccc2ccccc2c1. The van der Waals surface area contributed by atoms with Crippen LogP contribution in [0.1, 0.15) is 16.5 Å². The minimum absolute atomic E-state index is 0.322. The maximum absolute atomic E-state index is 13.5. The molecule has 3 aromatic rings. The number of ether oxygens (including phenoxy) is 1. The lowest BCUT2D eigenvalue weighted by Crippen LogP contribution is -1.98. The zero-order valence-electron chi connectivity index (χ0n) is 11.5. The van der Waals surface area contributed by atoms with Gasteiger partial charge in [-0.2, -0.15) is 0 Å². The molecule has 0 fully saturated rings. The van der Waals surface area contributed by atoms with E-state index in [9.17, 15) is 4.39 Å². The Morgan fingerprint density at radius 1 is 0.952 bits per heavy atom. The highest BCUT2D eigenvalue weighted by molar-refractivity contribution is 6.23. The molecular formula is C18H14ClFO. The number of alkyl halides is 1. The first kappa shape index (κ1) is 13.9. The molecule has 106 valence electrons. The summed E-state index contributed by atoms with van der Waals surface area (Å²) in [5, 5.41) is 1.80. The van der Waals surface area contributed by atoms with Crippen LogP contribution in [0.25, 0.3) is 10.8 Å². The third-order valence-electron chi connectivity index (χ3n) is 3.53. The Labute approximate surface area is 127 Å². The van der Waals surface area contributed by atoms with Crippen molar-refractivity contribution in [2.24, 2.45) is 0 Å². The number of benzene rings is 3. The molecule has 0 radical (unpaired) electrons. The maximum Gasteiger partial charge on any atom is 0.124 e. The van der Waals surface area contributed by atoms with Crippen molar-refractivity contribution in [2.75, 3.05) is 7.11 Å². The highest BCUT2D eigenvalue weighted by Crippen LogP contribution is 2.36. The molecule has 0 aliphatic carbocycles. The predicted octanol–water partition coefficient (Wildman–Crippen LogP) is 5.32. The van der Waals surface area contributed by atoms with Crippen molar-refractivity contribution >= 4 is 22.4 Å². The molecule has 0 spiro atoms. The molecule has 0 N–H and O–H groups in total.